The van der Waals surface area contributed by atoms with Crippen LogP contribution in [0.25, 0.3) is 0 Å². The van der Waals surface area contributed by atoms with Crippen molar-refractivity contribution in [3.63, 3.8) is 0 Å². The molecule has 0 aliphatic rings. The molecule has 0 unspecified atom stereocenters. The molecule has 0 aliphatic carbocycles. The molecule has 0 saturated heterocycles. The first-order valence-electron chi connectivity index (χ1n) is 11.3. The van der Waals surface area contributed by atoms with Crippen LogP contribution in [0.2, 0.25) is 0 Å². The Morgan fingerprint density at radius 1 is 1.03 bits per heavy atom. The number of hydrogen-bond acceptors (Lipinski definition) is 4. The summed E-state index contributed by atoms with van der Waals surface area (Å²) in [5.41, 5.74) is 2.44. The Kier molecular flexibility index (Phi) is 9.91. The number of carbonyl (C=O) groups excluding carboxylic acids is 2. The van der Waals surface area contributed by atoms with Gasteiger partial charge in [0, 0.05) is 13.1 Å². The van der Waals surface area contributed by atoms with E-state index >= 15 is 0 Å². The number of carbonyl (C=O) groups is 2. The molecule has 0 fully saturated rings. The lowest BCUT2D eigenvalue weighted by molar-refractivity contribution is -0.138. The fraction of sp³-hybridized carbons (Fsp3) is 0.440. The number of amides is 2. The molecule has 2 aromatic carbocycles. The Hall–Kier alpha value is -2.87. The van der Waals surface area contributed by atoms with E-state index in [1.165, 1.54) is 4.90 Å². The summed E-state index contributed by atoms with van der Waals surface area (Å²) in [5, 5.41) is 2.87. The minimum Gasteiger partial charge on any atom is -0.354 e. The highest BCUT2D eigenvalue weighted by Crippen LogP contribution is 2.19. The minimum absolute atomic E-state index is 0.244. The monoisotopic (exact) mass is 473 g/mol. The zero-order chi connectivity index (χ0) is 24.4. The van der Waals surface area contributed by atoms with Crippen LogP contribution < -0.4 is 9.62 Å². The van der Waals surface area contributed by atoms with Crippen LogP contribution in [0.1, 0.15) is 37.8 Å². The largest absolute Gasteiger partial charge is 0.354 e. The van der Waals surface area contributed by atoms with E-state index in [1.807, 2.05) is 44.2 Å². The zero-order valence-electron chi connectivity index (χ0n) is 20.0. The molecule has 0 bridgehead atoms. The minimum atomic E-state index is -3.70. The van der Waals surface area contributed by atoms with Crippen LogP contribution in [-0.2, 0) is 26.0 Å². The zero-order valence-corrected chi connectivity index (χ0v) is 20.8. The number of hydrogen-bond donors (Lipinski definition) is 1. The molecule has 7 nitrogen and oxygen atoms in total. The van der Waals surface area contributed by atoms with E-state index in [9.17, 15) is 18.0 Å². The molecule has 0 spiro atoms. The van der Waals surface area contributed by atoms with Crippen LogP contribution in [-0.4, -0.2) is 57.1 Å². The van der Waals surface area contributed by atoms with Gasteiger partial charge in [0.2, 0.25) is 21.8 Å². The van der Waals surface area contributed by atoms with Gasteiger partial charge in [-0.25, -0.2) is 8.42 Å². The van der Waals surface area contributed by atoms with Gasteiger partial charge in [-0.15, -0.1) is 0 Å². The van der Waals surface area contributed by atoms with Crippen molar-refractivity contribution < 1.29 is 18.0 Å². The molecule has 0 aromatic heterocycles. The Morgan fingerprint density at radius 3 is 2.24 bits per heavy atom. The van der Waals surface area contributed by atoms with Crippen LogP contribution in [0.4, 0.5) is 5.69 Å². The summed E-state index contributed by atoms with van der Waals surface area (Å²) in [6.07, 6.45) is 3.44. The summed E-state index contributed by atoms with van der Waals surface area (Å²) in [7, 11) is -3.70. The van der Waals surface area contributed by atoms with Crippen molar-refractivity contribution in [3.8, 4) is 0 Å². The first-order chi connectivity index (χ1) is 15.6. The molecule has 1 atom stereocenters. The number of benzene rings is 2. The van der Waals surface area contributed by atoms with E-state index in [2.05, 4.69) is 5.32 Å². The van der Waals surface area contributed by atoms with E-state index in [0.717, 1.165) is 34.5 Å². The third kappa shape index (κ3) is 8.20. The van der Waals surface area contributed by atoms with E-state index < -0.39 is 22.0 Å². The van der Waals surface area contributed by atoms with Crippen molar-refractivity contribution in [2.24, 2.45) is 0 Å². The second-order valence-corrected chi connectivity index (χ2v) is 10.2. The van der Waals surface area contributed by atoms with E-state index in [0.29, 0.717) is 25.2 Å². The van der Waals surface area contributed by atoms with Crippen molar-refractivity contribution in [1.82, 2.24) is 10.2 Å². The van der Waals surface area contributed by atoms with Crippen LogP contribution in [0.5, 0.6) is 0 Å². The molecule has 1 N–H and O–H groups in total. The maximum atomic E-state index is 13.4. The molecule has 180 valence electrons. The first kappa shape index (κ1) is 26.4. The molecule has 33 heavy (non-hydrogen) atoms. The summed E-state index contributed by atoms with van der Waals surface area (Å²) in [4.78, 5) is 27.6. The van der Waals surface area contributed by atoms with Crippen molar-refractivity contribution in [2.75, 3.05) is 30.2 Å². The molecular weight excluding hydrogens is 438 g/mol. The smallest absolute Gasteiger partial charge is 0.244 e. The molecular formula is C25H35N3O4S. The predicted molar refractivity (Wildman–Crippen MR) is 133 cm³/mol. The molecule has 0 saturated carbocycles. The standard InChI is InChI=1S/C25H35N3O4S/c1-5-6-17-26-25(30)21(3)27(18-16-22-10-8-7-9-11-22)24(29)19-28(33(4,31)32)23-14-12-20(2)13-15-23/h7-15,21H,5-6,16-19H2,1-4H3,(H,26,30)/t21-/m1/s1. The lowest BCUT2D eigenvalue weighted by Crippen LogP contribution is -2.52. The lowest BCUT2D eigenvalue weighted by atomic mass is 10.1. The topological polar surface area (TPSA) is 86.8 Å². The maximum Gasteiger partial charge on any atom is 0.244 e. The molecule has 2 rings (SSSR count). The van der Waals surface area contributed by atoms with Gasteiger partial charge in [-0.2, -0.15) is 0 Å². The van der Waals surface area contributed by atoms with Crippen molar-refractivity contribution in [3.05, 3.63) is 65.7 Å². The highest BCUT2D eigenvalue weighted by atomic mass is 32.2. The summed E-state index contributed by atoms with van der Waals surface area (Å²) >= 11 is 0. The quantitative estimate of drug-likeness (QED) is 0.480. The number of rotatable bonds is 12. The van der Waals surface area contributed by atoms with Crippen LogP contribution in [0.3, 0.4) is 0 Å². The van der Waals surface area contributed by atoms with Gasteiger partial charge in [-0.05, 0) is 44.4 Å². The second kappa shape index (κ2) is 12.4. The maximum absolute atomic E-state index is 13.4. The Labute approximate surface area is 197 Å². The number of sulfonamides is 1. The van der Waals surface area contributed by atoms with Crippen LogP contribution >= 0.6 is 0 Å². The average molecular weight is 474 g/mol. The third-order valence-electron chi connectivity index (χ3n) is 5.48. The van der Waals surface area contributed by atoms with Gasteiger partial charge in [0.1, 0.15) is 12.6 Å². The SMILES string of the molecule is CCCCNC(=O)[C@@H](C)N(CCc1ccccc1)C(=O)CN(c1ccc(C)cc1)S(C)(=O)=O. The van der Waals surface area contributed by atoms with Crippen molar-refractivity contribution in [2.45, 2.75) is 46.1 Å². The van der Waals surface area contributed by atoms with Gasteiger partial charge in [0.15, 0.2) is 0 Å². The van der Waals surface area contributed by atoms with Gasteiger partial charge >= 0.3 is 0 Å². The Bertz CT molecular complexity index is 1010. The summed E-state index contributed by atoms with van der Waals surface area (Å²) in [6, 6.07) is 15.9. The summed E-state index contributed by atoms with van der Waals surface area (Å²) < 4.78 is 26.1. The molecule has 2 amide bonds. The van der Waals surface area contributed by atoms with Gasteiger partial charge in [0.05, 0.1) is 11.9 Å². The Balaban J connectivity index is 2.25. The van der Waals surface area contributed by atoms with Crippen molar-refractivity contribution in [1.29, 1.82) is 0 Å². The molecule has 0 heterocycles. The molecule has 0 radical (unpaired) electrons. The summed E-state index contributed by atoms with van der Waals surface area (Å²) in [5.74, 6) is -0.666. The van der Waals surface area contributed by atoms with E-state index in [-0.39, 0.29) is 12.5 Å². The number of nitrogens with one attached hydrogen (secondary N) is 1. The summed E-state index contributed by atoms with van der Waals surface area (Å²) in [6.45, 7) is 6.10. The first-order valence-corrected chi connectivity index (χ1v) is 13.1. The number of nitrogens with zero attached hydrogens (tertiary/aromatic N) is 2. The normalized spacial score (nSPS) is 12.1. The van der Waals surface area contributed by atoms with E-state index in [4.69, 9.17) is 0 Å². The van der Waals surface area contributed by atoms with Crippen LogP contribution in [0, 0.1) is 6.92 Å². The Morgan fingerprint density at radius 2 is 1.67 bits per heavy atom. The van der Waals surface area contributed by atoms with Gasteiger partial charge in [-0.1, -0.05) is 61.4 Å². The number of aryl methyl sites for hydroxylation is 1. The molecule has 2 aromatic rings. The van der Waals surface area contributed by atoms with Gasteiger partial charge in [-0.3, -0.25) is 13.9 Å². The second-order valence-electron chi connectivity index (χ2n) is 8.25. The average Bonchev–Trinajstić information content (AvgIpc) is 2.78. The van der Waals surface area contributed by atoms with E-state index in [1.54, 1.807) is 31.2 Å². The molecule has 8 heteroatoms. The number of unbranched alkanes of at least 4 members (excludes halogenated alkanes) is 1. The molecule has 0 aliphatic heterocycles. The fourth-order valence-electron chi connectivity index (χ4n) is 3.43. The predicted octanol–water partition coefficient (Wildman–Crippen LogP) is 3.14. The fourth-order valence-corrected chi connectivity index (χ4v) is 4.28. The number of anilines is 1. The third-order valence-corrected chi connectivity index (χ3v) is 6.62. The highest BCUT2D eigenvalue weighted by Gasteiger charge is 2.29. The van der Waals surface area contributed by atoms with Crippen LogP contribution in [0.15, 0.2) is 54.6 Å². The lowest BCUT2D eigenvalue weighted by Gasteiger charge is -2.31. The van der Waals surface area contributed by atoms with Crippen molar-refractivity contribution >= 4 is 27.5 Å². The van der Waals surface area contributed by atoms with Gasteiger partial charge < -0.3 is 10.2 Å². The highest BCUT2D eigenvalue weighted by molar-refractivity contribution is 7.92. The van der Waals surface area contributed by atoms with Gasteiger partial charge in [0.25, 0.3) is 0 Å².